The number of sulfone groups is 1. The highest BCUT2D eigenvalue weighted by molar-refractivity contribution is 7.91. The van der Waals surface area contributed by atoms with Crippen LogP contribution in [0.3, 0.4) is 0 Å². The molecule has 1 aliphatic rings. The summed E-state index contributed by atoms with van der Waals surface area (Å²) in [5.74, 6) is 0.742. The minimum absolute atomic E-state index is 0.0732. The Balaban J connectivity index is 1.55. The molecule has 0 saturated carbocycles. The summed E-state index contributed by atoms with van der Waals surface area (Å²) in [4.78, 5) is 23.8. The number of nitrogens with one attached hydrogen (secondary N) is 1. The molecule has 1 aromatic heterocycles. The van der Waals surface area contributed by atoms with Crippen LogP contribution in [-0.4, -0.2) is 56.8 Å². The zero-order valence-electron chi connectivity index (χ0n) is 17.6. The van der Waals surface area contributed by atoms with E-state index in [2.05, 4.69) is 15.3 Å². The molecule has 0 unspecified atom stereocenters. The van der Waals surface area contributed by atoms with Gasteiger partial charge in [-0.25, -0.2) is 18.4 Å². The van der Waals surface area contributed by atoms with Gasteiger partial charge in [-0.2, -0.15) is 0 Å². The van der Waals surface area contributed by atoms with E-state index >= 15 is 0 Å². The molecule has 0 bridgehead atoms. The van der Waals surface area contributed by atoms with Crippen LogP contribution in [-0.2, 0) is 14.6 Å². The number of anilines is 1. The zero-order valence-corrected chi connectivity index (χ0v) is 18.4. The number of ether oxygens (including phenoxy) is 1. The third kappa shape index (κ3) is 5.47. The van der Waals surface area contributed by atoms with Crippen molar-refractivity contribution in [3.8, 4) is 5.75 Å². The fourth-order valence-corrected chi connectivity index (χ4v) is 4.73. The minimum atomic E-state index is -3.48. The lowest BCUT2D eigenvalue weighted by molar-refractivity contribution is -0.125. The second kappa shape index (κ2) is 9.42. The van der Waals surface area contributed by atoms with Gasteiger partial charge in [0.05, 0.1) is 23.7 Å². The number of aryl methyl sites for hydroxylation is 2. The van der Waals surface area contributed by atoms with Crippen LogP contribution in [0.25, 0.3) is 0 Å². The van der Waals surface area contributed by atoms with Crippen LogP contribution in [0.15, 0.2) is 35.2 Å². The maximum absolute atomic E-state index is 12.6. The largest absolute Gasteiger partial charge is 0.497 e. The summed E-state index contributed by atoms with van der Waals surface area (Å²) in [6, 6.07) is 8.16. The third-order valence-electron chi connectivity index (χ3n) is 5.13. The van der Waals surface area contributed by atoms with E-state index in [1.165, 1.54) is 19.2 Å². The number of aromatic nitrogens is 2. The second-order valence-corrected chi connectivity index (χ2v) is 9.63. The van der Waals surface area contributed by atoms with Gasteiger partial charge in [-0.15, -0.1) is 0 Å². The summed E-state index contributed by atoms with van der Waals surface area (Å²) in [7, 11) is -1.95. The average molecular weight is 433 g/mol. The average Bonchev–Trinajstić information content (AvgIpc) is 2.73. The molecule has 9 heteroatoms. The van der Waals surface area contributed by atoms with Gasteiger partial charge in [0.25, 0.3) is 0 Å². The molecule has 8 nitrogen and oxygen atoms in total. The van der Waals surface area contributed by atoms with Crippen molar-refractivity contribution in [1.29, 1.82) is 0 Å². The molecular weight excluding hydrogens is 404 g/mol. The number of amides is 1. The van der Waals surface area contributed by atoms with E-state index in [0.717, 1.165) is 30.8 Å². The summed E-state index contributed by atoms with van der Waals surface area (Å²) in [6.45, 7) is 5.26. The first-order valence-corrected chi connectivity index (χ1v) is 11.7. The van der Waals surface area contributed by atoms with Gasteiger partial charge < -0.3 is 15.0 Å². The Hall–Kier alpha value is -2.68. The summed E-state index contributed by atoms with van der Waals surface area (Å²) >= 11 is 0. The first kappa shape index (κ1) is 22.0. The highest BCUT2D eigenvalue weighted by Gasteiger charge is 2.27. The SMILES string of the molecule is COc1ccc(S(=O)(=O)CCNC(=O)[C@@H]2CCCN(c3nc(C)cc(C)n3)C2)cc1. The normalized spacial score (nSPS) is 16.9. The lowest BCUT2D eigenvalue weighted by Gasteiger charge is -2.32. The molecule has 3 rings (SSSR count). The van der Waals surface area contributed by atoms with Crippen LogP contribution < -0.4 is 15.0 Å². The zero-order chi connectivity index (χ0) is 21.7. The number of hydrogen-bond acceptors (Lipinski definition) is 7. The fraction of sp³-hybridized carbons (Fsp3) is 0.476. The molecule has 0 aliphatic carbocycles. The number of benzene rings is 1. The Labute approximate surface area is 177 Å². The van der Waals surface area contributed by atoms with Crippen molar-refractivity contribution >= 4 is 21.7 Å². The van der Waals surface area contributed by atoms with Crippen LogP contribution in [0.2, 0.25) is 0 Å². The number of rotatable bonds is 7. The quantitative estimate of drug-likeness (QED) is 0.713. The van der Waals surface area contributed by atoms with Crippen molar-refractivity contribution in [1.82, 2.24) is 15.3 Å². The Morgan fingerprint density at radius 3 is 2.50 bits per heavy atom. The molecule has 0 spiro atoms. The number of methoxy groups -OCH3 is 1. The number of piperidine rings is 1. The Morgan fingerprint density at radius 2 is 1.87 bits per heavy atom. The maximum Gasteiger partial charge on any atom is 0.225 e. The smallest absolute Gasteiger partial charge is 0.225 e. The molecule has 1 aliphatic heterocycles. The third-order valence-corrected chi connectivity index (χ3v) is 6.87. The number of carbonyl (C=O) groups is 1. The highest BCUT2D eigenvalue weighted by atomic mass is 32.2. The Morgan fingerprint density at radius 1 is 1.20 bits per heavy atom. The summed E-state index contributed by atoms with van der Waals surface area (Å²) in [5.41, 5.74) is 1.79. The van der Waals surface area contributed by atoms with E-state index < -0.39 is 9.84 Å². The molecule has 1 amide bonds. The van der Waals surface area contributed by atoms with Crippen LogP contribution in [0.4, 0.5) is 5.95 Å². The first-order valence-electron chi connectivity index (χ1n) is 10.0. The van der Waals surface area contributed by atoms with Crippen LogP contribution in [0, 0.1) is 19.8 Å². The van der Waals surface area contributed by atoms with Gasteiger partial charge in [-0.1, -0.05) is 0 Å². The van der Waals surface area contributed by atoms with Crippen LogP contribution in [0.5, 0.6) is 5.75 Å². The summed E-state index contributed by atoms with van der Waals surface area (Å²) in [5, 5.41) is 2.79. The number of carbonyl (C=O) groups excluding carboxylic acids is 1. The summed E-state index contributed by atoms with van der Waals surface area (Å²) in [6.07, 6.45) is 1.62. The lowest BCUT2D eigenvalue weighted by Crippen LogP contribution is -2.44. The van der Waals surface area contributed by atoms with Crippen molar-refractivity contribution in [2.45, 2.75) is 31.6 Å². The minimum Gasteiger partial charge on any atom is -0.497 e. The molecule has 1 aromatic carbocycles. The van der Waals surface area contributed by atoms with Gasteiger partial charge in [-0.3, -0.25) is 4.79 Å². The maximum atomic E-state index is 12.6. The predicted octanol–water partition coefficient (Wildman–Crippen LogP) is 1.91. The number of nitrogens with zero attached hydrogens (tertiary/aromatic N) is 3. The number of hydrogen-bond donors (Lipinski definition) is 1. The van der Waals surface area contributed by atoms with Crippen LogP contribution >= 0.6 is 0 Å². The molecule has 1 fully saturated rings. The molecule has 2 heterocycles. The topological polar surface area (TPSA) is 101 Å². The second-order valence-electron chi connectivity index (χ2n) is 7.52. The van der Waals surface area contributed by atoms with Crippen molar-refractivity contribution < 1.29 is 17.9 Å². The molecular formula is C21H28N4O4S. The van der Waals surface area contributed by atoms with E-state index in [9.17, 15) is 13.2 Å². The van der Waals surface area contributed by atoms with Gasteiger partial charge >= 0.3 is 0 Å². The standard InChI is InChI=1S/C21H28N4O4S/c1-15-13-16(2)24-21(23-15)25-11-4-5-17(14-25)20(26)22-10-12-30(27,28)19-8-6-18(29-3)7-9-19/h6-9,13,17H,4-5,10-12,14H2,1-3H3,(H,22,26)/t17-/m1/s1. The van der Waals surface area contributed by atoms with E-state index in [4.69, 9.17) is 4.74 Å². The molecule has 2 aromatic rings. The fourth-order valence-electron chi connectivity index (χ4n) is 3.58. The van der Waals surface area contributed by atoms with Crippen molar-refractivity contribution in [2.75, 3.05) is 37.4 Å². The van der Waals surface area contributed by atoms with Gasteiger partial charge in [0.1, 0.15) is 5.75 Å². The first-order chi connectivity index (χ1) is 14.3. The van der Waals surface area contributed by atoms with Crippen LogP contribution in [0.1, 0.15) is 24.2 Å². The molecule has 1 N–H and O–H groups in total. The van der Waals surface area contributed by atoms with Crippen molar-refractivity contribution in [3.05, 3.63) is 41.7 Å². The molecule has 162 valence electrons. The summed E-state index contributed by atoms with van der Waals surface area (Å²) < 4.78 is 30.0. The van der Waals surface area contributed by atoms with Gasteiger partial charge in [0, 0.05) is 31.0 Å². The van der Waals surface area contributed by atoms with E-state index in [1.54, 1.807) is 12.1 Å². The molecule has 1 atom stereocenters. The van der Waals surface area contributed by atoms with E-state index in [-0.39, 0.29) is 29.0 Å². The van der Waals surface area contributed by atoms with E-state index in [1.807, 2.05) is 24.8 Å². The monoisotopic (exact) mass is 432 g/mol. The predicted molar refractivity (Wildman–Crippen MR) is 114 cm³/mol. The molecule has 30 heavy (non-hydrogen) atoms. The lowest BCUT2D eigenvalue weighted by atomic mass is 9.97. The van der Waals surface area contributed by atoms with Gasteiger partial charge in [-0.05, 0) is 57.0 Å². The highest BCUT2D eigenvalue weighted by Crippen LogP contribution is 2.21. The molecule has 0 radical (unpaired) electrons. The van der Waals surface area contributed by atoms with E-state index in [0.29, 0.717) is 18.2 Å². The van der Waals surface area contributed by atoms with Crippen molar-refractivity contribution in [3.63, 3.8) is 0 Å². The van der Waals surface area contributed by atoms with Gasteiger partial charge in [0.15, 0.2) is 9.84 Å². The van der Waals surface area contributed by atoms with Crippen molar-refractivity contribution in [2.24, 2.45) is 5.92 Å². The molecule has 1 saturated heterocycles. The Kier molecular flexibility index (Phi) is 6.91. The Bertz CT molecular complexity index is 972. The van der Waals surface area contributed by atoms with Gasteiger partial charge in [0.2, 0.25) is 11.9 Å².